The van der Waals surface area contributed by atoms with Gasteiger partial charge in [-0.1, -0.05) is 88.3 Å². The Morgan fingerprint density at radius 3 is 2.43 bits per heavy atom. The molecule has 0 spiro atoms. The van der Waals surface area contributed by atoms with Crippen molar-refractivity contribution >= 4 is 11.9 Å². The molecule has 0 aromatic heterocycles. The standard InChI is InChI=1S/C38H60O8/c1-10-12-14-25(4)22-34(40)44-32-20-18-27(6)33(45-35(41)23-30(39)19-17-26(32)5)21-24(3)15-13-16-28(7)36(42)38-37(46-38)29(8)31(11-2)43-9/h10,12-16,18,20,26-33,36-39,42H,11,17,19,21-23H2,1-9H3/b12-10-,16-13+,20-18+,24-15+,25-14+. The van der Waals surface area contributed by atoms with Crippen molar-refractivity contribution in [3.63, 3.8) is 0 Å². The Kier molecular flexibility index (Phi) is 17.2. The van der Waals surface area contributed by atoms with Gasteiger partial charge < -0.3 is 29.2 Å². The number of aliphatic hydroxyl groups is 2. The molecule has 0 aliphatic carbocycles. The van der Waals surface area contributed by atoms with E-state index in [1.807, 2.05) is 90.2 Å². The van der Waals surface area contributed by atoms with Crippen molar-refractivity contribution in [3.8, 4) is 0 Å². The summed E-state index contributed by atoms with van der Waals surface area (Å²) in [6, 6.07) is 0. The number of ether oxygens (including phenoxy) is 4. The maximum atomic E-state index is 12.8. The second-order valence-electron chi connectivity index (χ2n) is 13.4. The van der Waals surface area contributed by atoms with E-state index in [2.05, 4.69) is 13.8 Å². The van der Waals surface area contributed by atoms with Gasteiger partial charge in [-0.15, -0.1) is 0 Å². The highest BCUT2D eigenvalue weighted by Gasteiger charge is 2.50. The average molecular weight is 645 g/mol. The molecule has 46 heavy (non-hydrogen) atoms. The predicted octanol–water partition coefficient (Wildman–Crippen LogP) is 6.81. The van der Waals surface area contributed by atoms with Crippen molar-refractivity contribution in [1.29, 1.82) is 0 Å². The van der Waals surface area contributed by atoms with Crippen LogP contribution in [0, 0.1) is 23.7 Å². The third-order valence-electron chi connectivity index (χ3n) is 9.22. The summed E-state index contributed by atoms with van der Waals surface area (Å²) in [6.07, 6.45) is 15.5. The van der Waals surface area contributed by atoms with Crippen molar-refractivity contribution < 1.29 is 38.7 Å². The number of cyclic esters (lactones) is 1. The Hall–Kier alpha value is -2.52. The van der Waals surface area contributed by atoms with Crippen molar-refractivity contribution in [2.75, 3.05) is 7.11 Å². The molecular weight excluding hydrogens is 584 g/mol. The third kappa shape index (κ3) is 13.3. The average Bonchev–Trinajstić information content (AvgIpc) is 3.81. The van der Waals surface area contributed by atoms with E-state index in [0.717, 1.165) is 17.6 Å². The van der Waals surface area contributed by atoms with E-state index in [1.165, 1.54) is 0 Å². The van der Waals surface area contributed by atoms with Crippen LogP contribution in [0.2, 0.25) is 0 Å². The molecule has 2 aliphatic heterocycles. The topological polar surface area (TPSA) is 115 Å². The van der Waals surface area contributed by atoms with E-state index in [0.29, 0.717) is 19.3 Å². The number of carbonyl (C=O) groups excluding carboxylic acids is 2. The zero-order valence-corrected chi connectivity index (χ0v) is 29.6. The molecule has 1 fully saturated rings. The number of epoxide rings is 1. The molecule has 8 heteroatoms. The van der Waals surface area contributed by atoms with Gasteiger partial charge in [-0.2, -0.15) is 0 Å². The second-order valence-corrected chi connectivity index (χ2v) is 13.4. The summed E-state index contributed by atoms with van der Waals surface area (Å²) in [5, 5.41) is 21.4. The van der Waals surface area contributed by atoms with Crippen molar-refractivity contribution in [2.24, 2.45) is 23.7 Å². The minimum Gasteiger partial charge on any atom is -0.461 e. The van der Waals surface area contributed by atoms with Gasteiger partial charge in [0.15, 0.2) is 0 Å². The Balaban J connectivity index is 2.10. The lowest BCUT2D eigenvalue weighted by atomic mass is 9.91. The molecule has 260 valence electrons. The summed E-state index contributed by atoms with van der Waals surface area (Å²) < 4.78 is 23.2. The van der Waals surface area contributed by atoms with E-state index < -0.39 is 30.4 Å². The molecule has 0 aromatic carbocycles. The number of methoxy groups -OCH3 is 1. The van der Waals surface area contributed by atoms with Crippen LogP contribution in [0.4, 0.5) is 0 Å². The number of hydrogen-bond donors (Lipinski definition) is 2. The number of carbonyl (C=O) groups is 2. The van der Waals surface area contributed by atoms with Crippen molar-refractivity contribution in [1.82, 2.24) is 0 Å². The molecule has 0 saturated carbocycles. The number of allylic oxidation sites excluding steroid dienone is 5. The minimum absolute atomic E-state index is 0.00727. The molecule has 2 rings (SSSR count). The van der Waals surface area contributed by atoms with E-state index in [1.54, 1.807) is 7.11 Å². The summed E-state index contributed by atoms with van der Waals surface area (Å²) in [5.74, 6) is -0.828. The molecule has 2 aliphatic rings. The van der Waals surface area contributed by atoms with Gasteiger partial charge in [-0.05, 0) is 52.0 Å². The van der Waals surface area contributed by atoms with E-state index in [4.69, 9.17) is 18.9 Å². The molecule has 2 heterocycles. The molecule has 0 bridgehead atoms. The fourth-order valence-electron chi connectivity index (χ4n) is 5.95. The summed E-state index contributed by atoms with van der Waals surface area (Å²) >= 11 is 0. The molecule has 0 radical (unpaired) electrons. The lowest BCUT2D eigenvalue weighted by molar-refractivity contribution is -0.153. The van der Waals surface area contributed by atoms with Crippen LogP contribution >= 0.6 is 0 Å². The number of hydrogen-bond acceptors (Lipinski definition) is 8. The molecule has 11 atom stereocenters. The first-order chi connectivity index (χ1) is 21.8. The predicted molar refractivity (Wildman–Crippen MR) is 182 cm³/mol. The highest BCUT2D eigenvalue weighted by molar-refractivity contribution is 5.72. The van der Waals surface area contributed by atoms with Crippen LogP contribution in [0.25, 0.3) is 0 Å². The van der Waals surface area contributed by atoms with Crippen molar-refractivity contribution in [3.05, 3.63) is 59.8 Å². The first kappa shape index (κ1) is 39.7. The van der Waals surface area contributed by atoms with Gasteiger partial charge in [0.1, 0.15) is 18.3 Å². The summed E-state index contributed by atoms with van der Waals surface area (Å²) in [6.45, 7) is 15.9. The number of rotatable bonds is 14. The molecule has 0 amide bonds. The lowest BCUT2D eigenvalue weighted by Gasteiger charge is -2.27. The zero-order chi connectivity index (χ0) is 34.4. The van der Waals surface area contributed by atoms with Gasteiger partial charge in [0.2, 0.25) is 0 Å². The van der Waals surface area contributed by atoms with Crippen LogP contribution in [-0.2, 0) is 28.5 Å². The first-order valence-electron chi connectivity index (χ1n) is 17.0. The fraction of sp³-hybridized carbons (Fsp3) is 0.684. The summed E-state index contributed by atoms with van der Waals surface area (Å²) in [7, 11) is 1.71. The molecule has 11 unspecified atom stereocenters. The van der Waals surface area contributed by atoms with Crippen molar-refractivity contribution in [2.45, 2.75) is 137 Å². The lowest BCUT2D eigenvalue weighted by Crippen LogP contribution is -2.30. The Morgan fingerprint density at radius 1 is 1.09 bits per heavy atom. The smallest absolute Gasteiger partial charge is 0.310 e. The van der Waals surface area contributed by atoms with Crippen LogP contribution in [0.15, 0.2) is 59.8 Å². The monoisotopic (exact) mass is 644 g/mol. The Morgan fingerprint density at radius 2 is 1.78 bits per heavy atom. The van der Waals surface area contributed by atoms with Gasteiger partial charge in [-0.3, -0.25) is 9.59 Å². The van der Waals surface area contributed by atoms with Gasteiger partial charge in [0.25, 0.3) is 0 Å². The Labute approximate surface area is 277 Å². The molecule has 2 N–H and O–H groups in total. The van der Waals surface area contributed by atoms with Crippen LogP contribution in [0.3, 0.4) is 0 Å². The molecule has 0 aromatic rings. The van der Waals surface area contributed by atoms with E-state index in [9.17, 15) is 19.8 Å². The van der Waals surface area contributed by atoms with Gasteiger partial charge in [-0.25, -0.2) is 0 Å². The fourth-order valence-corrected chi connectivity index (χ4v) is 5.95. The molecule has 8 nitrogen and oxygen atoms in total. The summed E-state index contributed by atoms with van der Waals surface area (Å²) in [4.78, 5) is 25.5. The Bertz CT molecular complexity index is 1100. The molecular formula is C38H60O8. The number of aliphatic hydroxyl groups excluding tert-OH is 2. The highest BCUT2D eigenvalue weighted by atomic mass is 16.6. The third-order valence-corrected chi connectivity index (χ3v) is 9.22. The maximum absolute atomic E-state index is 12.8. The maximum Gasteiger partial charge on any atom is 0.310 e. The van der Waals surface area contributed by atoms with Crippen LogP contribution in [-0.4, -0.2) is 72.0 Å². The van der Waals surface area contributed by atoms with E-state index >= 15 is 0 Å². The second kappa shape index (κ2) is 20.0. The molecule has 1 saturated heterocycles. The summed E-state index contributed by atoms with van der Waals surface area (Å²) in [5.41, 5.74) is 1.92. The number of esters is 2. The highest BCUT2D eigenvalue weighted by Crippen LogP contribution is 2.37. The quantitative estimate of drug-likeness (QED) is 0.0917. The normalized spacial score (nSPS) is 31.8. The largest absolute Gasteiger partial charge is 0.461 e. The first-order valence-corrected chi connectivity index (χ1v) is 17.0. The van der Waals surface area contributed by atoms with Crippen LogP contribution < -0.4 is 0 Å². The van der Waals surface area contributed by atoms with Gasteiger partial charge in [0.05, 0.1) is 37.3 Å². The van der Waals surface area contributed by atoms with E-state index in [-0.39, 0.29) is 60.8 Å². The van der Waals surface area contributed by atoms with Gasteiger partial charge >= 0.3 is 11.9 Å². The minimum atomic E-state index is -0.829. The van der Waals surface area contributed by atoms with Gasteiger partial charge in [0, 0.05) is 31.3 Å². The van der Waals surface area contributed by atoms with Crippen LogP contribution in [0.5, 0.6) is 0 Å². The SMILES string of the molecule is C/C=C\C=C(/C)CC(=O)OC1/C=C/C(C)C(C/C(C)=C/C=C/C(C)C(O)C2OC2C(C)C(CC)OC)OC(=O)CC(O)CCC1C. The zero-order valence-electron chi connectivity index (χ0n) is 29.6. The van der Waals surface area contributed by atoms with Crippen LogP contribution in [0.1, 0.15) is 93.9 Å².